The van der Waals surface area contributed by atoms with Gasteiger partial charge in [-0.15, -0.1) is 0 Å². The van der Waals surface area contributed by atoms with Gasteiger partial charge in [0.25, 0.3) is 5.91 Å². The third kappa shape index (κ3) is 5.60. The van der Waals surface area contributed by atoms with Gasteiger partial charge >= 0.3 is 11.9 Å². The second-order valence-electron chi connectivity index (χ2n) is 5.26. The van der Waals surface area contributed by atoms with E-state index in [1.165, 1.54) is 19.2 Å². The first-order chi connectivity index (χ1) is 12.8. The van der Waals surface area contributed by atoms with E-state index in [0.717, 1.165) is 5.56 Å². The summed E-state index contributed by atoms with van der Waals surface area (Å²) in [5.74, 6) is -1.82. The van der Waals surface area contributed by atoms with Crippen molar-refractivity contribution in [3.8, 4) is 0 Å². The van der Waals surface area contributed by atoms with Gasteiger partial charge < -0.3 is 14.8 Å². The normalized spacial score (nSPS) is 10.2. The van der Waals surface area contributed by atoms with Crippen LogP contribution in [0.2, 0.25) is 15.1 Å². The Morgan fingerprint density at radius 1 is 0.926 bits per heavy atom. The van der Waals surface area contributed by atoms with E-state index in [0.29, 0.717) is 5.56 Å². The van der Waals surface area contributed by atoms with Gasteiger partial charge in [-0.2, -0.15) is 0 Å². The quantitative estimate of drug-likeness (QED) is 0.555. The zero-order chi connectivity index (χ0) is 20.0. The third-order valence-corrected chi connectivity index (χ3v) is 4.57. The number of hydrogen-bond donors (Lipinski definition) is 1. The van der Waals surface area contributed by atoms with Crippen molar-refractivity contribution in [2.45, 2.75) is 6.54 Å². The number of rotatable bonds is 6. The lowest BCUT2D eigenvalue weighted by Gasteiger charge is -2.09. The summed E-state index contributed by atoms with van der Waals surface area (Å²) < 4.78 is 9.53. The highest BCUT2D eigenvalue weighted by molar-refractivity contribution is 6.46. The van der Waals surface area contributed by atoms with Crippen LogP contribution >= 0.6 is 34.8 Å². The second kappa shape index (κ2) is 9.60. The largest absolute Gasteiger partial charge is 0.465 e. The third-order valence-electron chi connectivity index (χ3n) is 3.45. The van der Waals surface area contributed by atoms with Crippen LogP contribution in [-0.4, -0.2) is 31.6 Å². The Labute approximate surface area is 170 Å². The first-order valence-electron chi connectivity index (χ1n) is 7.58. The molecule has 1 amide bonds. The molecule has 0 aliphatic carbocycles. The van der Waals surface area contributed by atoms with Crippen LogP contribution in [0.3, 0.4) is 0 Å². The summed E-state index contributed by atoms with van der Waals surface area (Å²) >= 11 is 17.7. The molecule has 0 fully saturated rings. The molecule has 0 aliphatic rings. The van der Waals surface area contributed by atoms with E-state index < -0.39 is 24.5 Å². The maximum atomic E-state index is 12.1. The Morgan fingerprint density at radius 3 is 2.19 bits per heavy atom. The smallest absolute Gasteiger partial charge is 0.341 e. The molecule has 0 spiro atoms. The van der Waals surface area contributed by atoms with Crippen molar-refractivity contribution in [3.63, 3.8) is 0 Å². The molecule has 0 saturated heterocycles. The maximum Gasteiger partial charge on any atom is 0.341 e. The van der Waals surface area contributed by atoms with Crippen LogP contribution in [0.5, 0.6) is 0 Å². The monoisotopic (exact) mass is 429 g/mol. The second-order valence-corrected chi connectivity index (χ2v) is 6.45. The standard InChI is InChI=1S/C18H14Cl3NO5/c1-26-17(24)11-4-2-10(3-5-11)8-22-14(23)9-27-18(25)15-12(19)6-7-13(20)16(15)21/h2-7H,8-9H2,1H3,(H,22,23). The molecule has 27 heavy (non-hydrogen) atoms. The maximum absolute atomic E-state index is 12.1. The number of hydrogen-bond acceptors (Lipinski definition) is 5. The summed E-state index contributed by atoms with van der Waals surface area (Å²) in [6, 6.07) is 9.35. The minimum atomic E-state index is -0.856. The predicted octanol–water partition coefficient (Wildman–Crippen LogP) is 3.91. The number of ether oxygens (including phenoxy) is 2. The minimum absolute atomic E-state index is 0.0414. The summed E-state index contributed by atoms with van der Waals surface area (Å²) in [4.78, 5) is 35.3. The molecule has 0 bridgehead atoms. The molecular weight excluding hydrogens is 417 g/mol. The number of methoxy groups -OCH3 is 1. The van der Waals surface area contributed by atoms with E-state index in [-0.39, 0.29) is 27.2 Å². The Morgan fingerprint density at radius 2 is 1.56 bits per heavy atom. The Bertz CT molecular complexity index is 868. The molecule has 2 aromatic carbocycles. The van der Waals surface area contributed by atoms with E-state index in [4.69, 9.17) is 39.5 Å². The van der Waals surface area contributed by atoms with Crippen LogP contribution in [0, 0.1) is 0 Å². The van der Waals surface area contributed by atoms with E-state index in [2.05, 4.69) is 10.1 Å². The molecule has 6 nitrogen and oxygen atoms in total. The summed E-state index contributed by atoms with van der Waals surface area (Å²) in [6.07, 6.45) is 0. The van der Waals surface area contributed by atoms with E-state index in [1.807, 2.05) is 0 Å². The molecule has 1 N–H and O–H groups in total. The predicted molar refractivity (Wildman–Crippen MR) is 101 cm³/mol. The molecule has 2 aromatic rings. The highest BCUT2D eigenvalue weighted by Crippen LogP contribution is 2.31. The van der Waals surface area contributed by atoms with Crippen molar-refractivity contribution >= 4 is 52.6 Å². The average molecular weight is 431 g/mol. The van der Waals surface area contributed by atoms with Crippen molar-refractivity contribution in [2.75, 3.05) is 13.7 Å². The summed E-state index contributed by atoms with van der Waals surface area (Å²) in [5, 5.41) is 2.76. The molecule has 0 aromatic heterocycles. The lowest BCUT2D eigenvalue weighted by molar-refractivity contribution is -0.124. The van der Waals surface area contributed by atoms with Gasteiger partial charge in [-0.05, 0) is 29.8 Å². The Balaban J connectivity index is 1.87. The Hall–Kier alpha value is -2.28. The number of esters is 2. The molecule has 0 atom stereocenters. The molecule has 142 valence electrons. The fraction of sp³-hybridized carbons (Fsp3) is 0.167. The van der Waals surface area contributed by atoms with Crippen LogP contribution in [0.1, 0.15) is 26.3 Å². The molecule has 0 unspecified atom stereocenters. The highest BCUT2D eigenvalue weighted by atomic mass is 35.5. The van der Waals surface area contributed by atoms with E-state index >= 15 is 0 Å². The zero-order valence-corrected chi connectivity index (χ0v) is 16.3. The topological polar surface area (TPSA) is 81.7 Å². The number of halogens is 3. The lowest BCUT2D eigenvalue weighted by atomic mass is 10.1. The van der Waals surface area contributed by atoms with Crippen LogP contribution < -0.4 is 5.32 Å². The van der Waals surface area contributed by atoms with Crippen molar-refractivity contribution in [3.05, 3.63) is 68.2 Å². The highest BCUT2D eigenvalue weighted by Gasteiger charge is 2.19. The first kappa shape index (κ1) is 21.0. The number of nitrogens with one attached hydrogen (secondary N) is 1. The molecule has 0 aliphatic heterocycles. The van der Waals surface area contributed by atoms with Crippen LogP contribution in [0.15, 0.2) is 36.4 Å². The summed E-state index contributed by atoms with van der Waals surface area (Å²) in [6.45, 7) is -0.325. The number of carbonyl (C=O) groups excluding carboxylic acids is 3. The van der Waals surface area contributed by atoms with Crippen LogP contribution in [0.25, 0.3) is 0 Å². The van der Waals surface area contributed by atoms with Gasteiger partial charge in [0, 0.05) is 6.54 Å². The van der Waals surface area contributed by atoms with Crippen LogP contribution in [0.4, 0.5) is 0 Å². The molecule has 0 saturated carbocycles. The first-order valence-corrected chi connectivity index (χ1v) is 8.71. The molecule has 9 heteroatoms. The van der Waals surface area contributed by atoms with Crippen molar-refractivity contribution in [1.29, 1.82) is 0 Å². The number of carbonyl (C=O) groups is 3. The SMILES string of the molecule is COC(=O)c1ccc(CNC(=O)COC(=O)c2c(Cl)ccc(Cl)c2Cl)cc1. The van der Waals surface area contributed by atoms with E-state index in [9.17, 15) is 14.4 Å². The molecule has 0 radical (unpaired) electrons. The average Bonchev–Trinajstić information content (AvgIpc) is 2.67. The summed E-state index contributed by atoms with van der Waals surface area (Å²) in [5.41, 5.74) is 1.05. The summed E-state index contributed by atoms with van der Waals surface area (Å²) in [7, 11) is 1.29. The minimum Gasteiger partial charge on any atom is -0.465 e. The van der Waals surface area contributed by atoms with E-state index in [1.54, 1.807) is 24.3 Å². The molecular formula is C18H14Cl3NO5. The number of benzene rings is 2. The van der Waals surface area contributed by atoms with Gasteiger partial charge in [-0.1, -0.05) is 46.9 Å². The lowest BCUT2D eigenvalue weighted by Crippen LogP contribution is -2.28. The van der Waals surface area contributed by atoms with Crippen molar-refractivity contribution < 1.29 is 23.9 Å². The Kier molecular flexibility index (Phi) is 7.47. The van der Waals surface area contributed by atoms with Gasteiger partial charge in [0.1, 0.15) is 0 Å². The fourth-order valence-corrected chi connectivity index (χ4v) is 2.73. The molecule has 0 heterocycles. The van der Waals surface area contributed by atoms with Crippen molar-refractivity contribution in [2.24, 2.45) is 0 Å². The number of amides is 1. The van der Waals surface area contributed by atoms with Gasteiger partial charge in [-0.25, -0.2) is 9.59 Å². The van der Waals surface area contributed by atoms with Gasteiger partial charge in [0.2, 0.25) is 0 Å². The zero-order valence-electron chi connectivity index (χ0n) is 14.1. The molecule has 2 rings (SSSR count). The van der Waals surface area contributed by atoms with Crippen molar-refractivity contribution in [1.82, 2.24) is 5.32 Å². The van der Waals surface area contributed by atoms with Crippen LogP contribution in [-0.2, 0) is 20.8 Å². The van der Waals surface area contributed by atoms with Gasteiger partial charge in [-0.3, -0.25) is 4.79 Å². The van der Waals surface area contributed by atoms with Gasteiger partial charge in [0.15, 0.2) is 6.61 Å². The van der Waals surface area contributed by atoms with Gasteiger partial charge in [0.05, 0.1) is 33.3 Å². The fourth-order valence-electron chi connectivity index (χ4n) is 2.05.